The van der Waals surface area contributed by atoms with Gasteiger partial charge in [0.05, 0.1) is 13.2 Å². The lowest BCUT2D eigenvalue weighted by molar-refractivity contribution is -0.172. The Balaban J connectivity index is 1.74. The third kappa shape index (κ3) is 3.81. The highest BCUT2D eigenvalue weighted by Gasteiger charge is 2.53. The number of carbonyl (C=O) groups excluding carboxylic acids is 2. The lowest BCUT2D eigenvalue weighted by Gasteiger charge is -2.36. The van der Waals surface area contributed by atoms with E-state index in [1.54, 1.807) is 13.8 Å². The Labute approximate surface area is 211 Å². The molecule has 1 atom stereocenters. The molecule has 0 spiro atoms. The van der Waals surface area contributed by atoms with Crippen molar-refractivity contribution in [2.45, 2.75) is 32.6 Å². The van der Waals surface area contributed by atoms with Gasteiger partial charge in [0.15, 0.2) is 5.41 Å². The van der Waals surface area contributed by atoms with Gasteiger partial charge in [-0.25, -0.2) is 0 Å². The molecule has 6 nitrogen and oxygen atoms in total. The summed E-state index contributed by atoms with van der Waals surface area (Å²) < 4.78 is 15.2. The molecule has 2 aromatic heterocycles. The van der Waals surface area contributed by atoms with Gasteiger partial charge in [-0.05, 0) is 50.0 Å². The Morgan fingerprint density at radius 2 is 1.42 bits per heavy atom. The fraction of sp³-hybridized carbons (Fsp3) is 0.333. The maximum absolute atomic E-state index is 13.6. The van der Waals surface area contributed by atoms with E-state index >= 15 is 0 Å². The molecule has 1 aliphatic carbocycles. The summed E-state index contributed by atoms with van der Waals surface area (Å²) in [6, 6.07) is 16.4. The van der Waals surface area contributed by atoms with Crippen molar-refractivity contribution in [2.75, 3.05) is 13.2 Å². The van der Waals surface area contributed by atoms with Crippen molar-refractivity contribution in [3.05, 3.63) is 78.1 Å². The second-order valence-electron chi connectivity index (χ2n) is 9.59. The third-order valence-corrected chi connectivity index (χ3v) is 7.37. The van der Waals surface area contributed by atoms with E-state index in [4.69, 9.17) is 9.47 Å². The number of esters is 2. The van der Waals surface area contributed by atoms with E-state index in [0.717, 1.165) is 38.5 Å². The molecule has 1 aliphatic rings. The minimum absolute atomic E-state index is 0.173. The van der Waals surface area contributed by atoms with Crippen molar-refractivity contribution < 1.29 is 19.1 Å². The number of hydrogen-bond acceptors (Lipinski definition) is 4. The van der Waals surface area contributed by atoms with Gasteiger partial charge in [0, 0.05) is 59.8 Å². The lowest BCUT2D eigenvalue weighted by atomic mass is 9.67. The van der Waals surface area contributed by atoms with E-state index in [1.165, 1.54) is 0 Å². The Bertz CT molecular complexity index is 1470. The molecular formula is C30H32N2O4. The number of fused-ring (bicyclic) bond motifs is 2. The molecule has 0 saturated heterocycles. The summed E-state index contributed by atoms with van der Waals surface area (Å²) in [5, 5.41) is 2.20. The fourth-order valence-electron chi connectivity index (χ4n) is 5.72. The number of ether oxygens (including phenoxy) is 2. The molecule has 0 amide bonds. The Kier molecular flexibility index (Phi) is 6.20. The molecular weight excluding hydrogens is 452 g/mol. The molecule has 1 unspecified atom stereocenters. The average Bonchev–Trinajstić information content (AvgIpc) is 3.41. The van der Waals surface area contributed by atoms with Gasteiger partial charge in [-0.15, -0.1) is 0 Å². The van der Waals surface area contributed by atoms with Crippen molar-refractivity contribution >= 4 is 39.3 Å². The largest absolute Gasteiger partial charge is 0.465 e. The van der Waals surface area contributed by atoms with Crippen molar-refractivity contribution in [1.82, 2.24) is 9.13 Å². The first-order valence-corrected chi connectivity index (χ1v) is 12.5. The Morgan fingerprint density at radius 1 is 0.861 bits per heavy atom. The zero-order chi connectivity index (χ0) is 25.4. The molecule has 0 aliphatic heterocycles. The van der Waals surface area contributed by atoms with Gasteiger partial charge < -0.3 is 18.6 Å². The number of rotatable bonds is 6. The first kappa shape index (κ1) is 23.9. The lowest BCUT2D eigenvalue weighted by Crippen LogP contribution is -2.45. The minimum Gasteiger partial charge on any atom is -0.465 e. The summed E-state index contributed by atoms with van der Waals surface area (Å²) in [5.41, 5.74) is 3.85. The van der Waals surface area contributed by atoms with Crippen molar-refractivity contribution in [2.24, 2.45) is 19.5 Å². The van der Waals surface area contributed by atoms with E-state index in [1.807, 2.05) is 38.4 Å². The molecule has 0 N–H and O–H groups in total. The zero-order valence-corrected chi connectivity index (χ0v) is 21.3. The van der Waals surface area contributed by atoms with Crippen LogP contribution in [0.5, 0.6) is 0 Å². The van der Waals surface area contributed by atoms with E-state index in [-0.39, 0.29) is 25.6 Å². The van der Waals surface area contributed by atoms with Crippen LogP contribution in [-0.4, -0.2) is 34.3 Å². The summed E-state index contributed by atoms with van der Waals surface area (Å²) in [5.74, 6) is -1.20. The predicted molar refractivity (Wildman–Crippen MR) is 141 cm³/mol. The van der Waals surface area contributed by atoms with E-state index in [2.05, 4.69) is 51.9 Å². The molecule has 0 bridgehead atoms. The summed E-state index contributed by atoms with van der Waals surface area (Å²) in [6.45, 7) is 3.94. The third-order valence-electron chi connectivity index (χ3n) is 7.37. The highest BCUT2D eigenvalue weighted by molar-refractivity contribution is 6.04. The van der Waals surface area contributed by atoms with Crippen LogP contribution < -0.4 is 0 Å². The van der Waals surface area contributed by atoms with Crippen LogP contribution in [0.15, 0.2) is 67.0 Å². The van der Waals surface area contributed by atoms with Crippen LogP contribution in [-0.2, 0) is 33.2 Å². The van der Waals surface area contributed by atoms with Gasteiger partial charge in [-0.3, -0.25) is 9.59 Å². The van der Waals surface area contributed by atoms with Gasteiger partial charge >= 0.3 is 11.9 Å². The molecule has 2 aromatic carbocycles. The summed E-state index contributed by atoms with van der Waals surface area (Å²) in [7, 11) is 4.04. The molecule has 0 fully saturated rings. The van der Waals surface area contributed by atoms with Crippen molar-refractivity contribution in [3.63, 3.8) is 0 Å². The highest BCUT2D eigenvalue weighted by atomic mass is 16.6. The van der Waals surface area contributed by atoms with Gasteiger partial charge in [-0.2, -0.15) is 0 Å². The number of hydrogen-bond donors (Lipinski definition) is 0. The smallest absolute Gasteiger partial charge is 0.323 e. The van der Waals surface area contributed by atoms with Crippen LogP contribution in [0.2, 0.25) is 0 Å². The number of para-hydroxylation sites is 2. The normalized spacial score (nSPS) is 17.2. The maximum atomic E-state index is 13.6. The first-order valence-electron chi connectivity index (χ1n) is 12.5. The van der Waals surface area contributed by atoms with Crippen LogP contribution in [0.1, 0.15) is 43.7 Å². The number of aromatic nitrogens is 2. The molecule has 4 aromatic rings. The van der Waals surface area contributed by atoms with Crippen molar-refractivity contribution in [3.8, 4) is 0 Å². The SMILES string of the molecule is CCOC(=O)C1(C(=O)OCC)CC(c2cn(C)c3ccccc23)=CC(c2cn(C)c3ccccc23)C1. The summed E-state index contributed by atoms with van der Waals surface area (Å²) in [6.07, 6.45) is 6.97. The Morgan fingerprint density at radius 3 is 2.06 bits per heavy atom. The number of carbonyl (C=O) groups is 2. The van der Waals surface area contributed by atoms with Crippen LogP contribution in [0.4, 0.5) is 0 Å². The average molecular weight is 485 g/mol. The number of allylic oxidation sites excluding steroid dienone is 2. The second-order valence-corrected chi connectivity index (χ2v) is 9.59. The molecule has 6 heteroatoms. The van der Waals surface area contributed by atoms with Gasteiger partial charge in [0.1, 0.15) is 0 Å². The summed E-state index contributed by atoms with van der Waals surface area (Å²) >= 11 is 0. The van der Waals surface area contributed by atoms with Crippen LogP contribution >= 0.6 is 0 Å². The number of nitrogens with zero attached hydrogens (tertiary/aromatic N) is 2. The monoisotopic (exact) mass is 484 g/mol. The standard InChI is InChI=1S/C30H32N2O4/c1-5-35-28(33)30(29(34)36-6-2)16-20(24-18-31(3)26-13-9-7-11-22(24)26)15-21(17-30)25-19-32(4)27-14-10-8-12-23(25)27/h7-15,18-20H,5-6,16-17H2,1-4H3. The van der Waals surface area contributed by atoms with Gasteiger partial charge in [-0.1, -0.05) is 42.5 Å². The first-order chi connectivity index (χ1) is 17.4. The zero-order valence-electron chi connectivity index (χ0n) is 21.3. The summed E-state index contributed by atoms with van der Waals surface area (Å²) in [4.78, 5) is 27.1. The maximum Gasteiger partial charge on any atom is 0.323 e. The van der Waals surface area contributed by atoms with Crippen LogP contribution in [0.25, 0.3) is 27.4 Å². The van der Waals surface area contributed by atoms with Gasteiger partial charge in [0.2, 0.25) is 0 Å². The van der Waals surface area contributed by atoms with E-state index in [9.17, 15) is 9.59 Å². The Hall–Kier alpha value is -3.80. The quantitative estimate of drug-likeness (QED) is 0.258. The minimum atomic E-state index is -1.42. The molecule has 0 radical (unpaired) electrons. The molecule has 0 saturated carbocycles. The van der Waals surface area contributed by atoms with Crippen LogP contribution in [0.3, 0.4) is 0 Å². The van der Waals surface area contributed by atoms with E-state index < -0.39 is 17.4 Å². The number of aryl methyl sites for hydroxylation is 2. The van der Waals surface area contributed by atoms with Crippen LogP contribution in [0, 0.1) is 5.41 Å². The van der Waals surface area contributed by atoms with Gasteiger partial charge in [0.25, 0.3) is 0 Å². The molecule has 36 heavy (non-hydrogen) atoms. The van der Waals surface area contributed by atoms with Crippen molar-refractivity contribution in [1.29, 1.82) is 0 Å². The highest BCUT2D eigenvalue weighted by Crippen LogP contribution is 2.50. The number of benzene rings is 2. The fourth-order valence-corrected chi connectivity index (χ4v) is 5.72. The van der Waals surface area contributed by atoms with E-state index in [0.29, 0.717) is 6.42 Å². The predicted octanol–water partition coefficient (Wildman–Crippen LogP) is 5.74. The molecule has 5 rings (SSSR count). The second kappa shape index (κ2) is 9.34. The molecule has 186 valence electrons. The molecule has 2 heterocycles. The topological polar surface area (TPSA) is 62.5 Å².